The third-order valence-electron chi connectivity index (χ3n) is 2.50. The lowest BCUT2D eigenvalue weighted by Crippen LogP contribution is -2.35. The topological polar surface area (TPSA) is 113 Å². The fraction of sp³-hybridized carbons (Fsp3) is 0.545. The maximum atomic E-state index is 11.5. The molecule has 0 fully saturated rings. The van der Waals surface area contributed by atoms with Crippen molar-refractivity contribution in [1.82, 2.24) is 20.8 Å². The van der Waals surface area contributed by atoms with Crippen molar-refractivity contribution < 1.29 is 9.59 Å². The number of carbonyl (C=O) groups excluding carboxylic acids is 2. The maximum Gasteiger partial charge on any atom is 0.269 e. The van der Waals surface area contributed by atoms with Gasteiger partial charge in [-0.15, -0.1) is 0 Å². The van der Waals surface area contributed by atoms with Gasteiger partial charge in [-0.3, -0.25) is 14.7 Å². The zero-order valence-corrected chi connectivity index (χ0v) is 10.6. The number of anilines is 1. The molecule has 100 valence electrons. The third kappa shape index (κ3) is 4.44. The van der Waals surface area contributed by atoms with Gasteiger partial charge in [-0.05, 0) is 13.3 Å². The Hall–Kier alpha value is -2.05. The normalized spacial score (nSPS) is 11.9. The first kappa shape index (κ1) is 14.0. The van der Waals surface area contributed by atoms with Gasteiger partial charge < -0.3 is 16.4 Å². The van der Waals surface area contributed by atoms with Crippen molar-refractivity contribution in [1.29, 1.82) is 0 Å². The monoisotopic (exact) mass is 253 g/mol. The molecule has 0 saturated heterocycles. The highest BCUT2D eigenvalue weighted by Crippen LogP contribution is 1.99. The van der Waals surface area contributed by atoms with Crippen LogP contribution >= 0.6 is 0 Å². The second-order valence-corrected chi connectivity index (χ2v) is 4.09. The smallest absolute Gasteiger partial charge is 0.269 e. The van der Waals surface area contributed by atoms with Crippen LogP contribution in [0.15, 0.2) is 6.07 Å². The van der Waals surface area contributed by atoms with E-state index in [1.54, 1.807) is 0 Å². The summed E-state index contributed by atoms with van der Waals surface area (Å²) in [7, 11) is 0. The molecule has 1 atom stereocenters. The first-order valence-corrected chi connectivity index (χ1v) is 5.91. The molecule has 1 aromatic heterocycles. The Morgan fingerprint density at radius 2 is 2.28 bits per heavy atom. The summed E-state index contributed by atoms with van der Waals surface area (Å²) < 4.78 is 0. The van der Waals surface area contributed by atoms with Gasteiger partial charge in [0.2, 0.25) is 5.91 Å². The van der Waals surface area contributed by atoms with Crippen molar-refractivity contribution in [3.8, 4) is 0 Å². The predicted molar refractivity (Wildman–Crippen MR) is 67.8 cm³/mol. The van der Waals surface area contributed by atoms with Gasteiger partial charge in [0.15, 0.2) is 0 Å². The molecule has 0 saturated carbocycles. The second-order valence-electron chi connectivity index (χ2n) is 4.09. The molecule has 0 aliphatic carbocycles. The molecule has 0 bridgehead atoms. The molecule has 1 unspecified atom stereocenters. The highest BCUT2D eigenvalue weighted by molar-refractivity contribution is 5.93. The molecular formula is C11H19N5O2. The zero-order chi connectivity index (χ0) is 13.5. The van der Waals surface area contributed by atoms with Crippen molar-refractivity contribution in [2.45, 2.75) is 32.7 Å². The van der Waals surface area contributed by atoms with Crippen molar-refractivity contribution in [2.75, 3.05) is 12.3 Å². The van der Waals surface area contributed by atoms with E-state index in [1.165, 1.54) is 6.07 Å². The van der Waals surface area contributed by atoms with E-state index in [4.69, 9.17) is 5.73 Å². The number of hydrogen-bond donors (Lipinski definition) is 4. The number of aromatic amines is 1. The van der Waals surface area contributed by atoms with Crippen LogP contribution in [0.1, 0.15) is 37.2 Å². The first-order chi connectivity index (χ1) is 8.52. The van der Waals surface area contributed by atoms with Crippen LogP contribution in [-0.4, -0.2) is 34.6 Å². The third-order valence-corrected chi connectivity index (χ3v) is 2.50. The summed E-state index contributed by atoms with van der Waals surface area (Å²) in [4.78, 5) is 23.0. The minimum atomic E-state index is -0.324. The van der Waals surface area contributed by atoms with Crippen LogP contribution in [0.4, 0.5) is 5.82 Å². The van der Waals surface area contributed by atoms with Crippen molar-refractivity contribution >= 4 is 17.6 Å². The van der Waals surface area contributed by atoms with Crippen molar-refractivity contribution in [3.63, 3.8) is 0 Å². The number of hydrogen-bond acceptors (Lipinski definition) is 4. The van der Waals surface area contributed by atoms with E-state index in [-0.39, 0.29) is 42.3 Å². The van der Waals surface area contributed by atoms with Crippen molar-refractivity contribution in [3.05, 3.63) is 11.8 Å². The number of H-pyrrole nitrogens is 1. The Morgan fingerprint density at radius 3 is 2.83 bits per heavy atom. The van der Waals surface area contributed by atoms with E-state index in [2.05, 4.69) is 20.8 Å². The molecule has 2 amide bonds. The number of nitrogen functional groups attached to an aromatic ring is 1. The lowest BCUT2D eigenvalue weighted by atomic mass is 10.2. The van der Waals surface area contributed by atoms with E-state index in [9.17, 15) is 9.59 Å². The average molecular weight is 253 g/mol. The molecule has 0 aliphatic heterocycles. The van der Waals surface area contributed by atoms with Gasteiger partial charge >= 0.3 is 0 Å². The lowest BCUT2D eigenvalue weighted by molar-refractivity contribution is -0.121. The molecule has 1 aromatic rings. The van der Waals surface area contributed by atoms with Crippen LogP contribution in [0.2, 0.25) is 0 Å². The summed E-state index contributed by atoms with van der Waals surface area (Å²) in [5.74, 6) is -0.140. The van der Waals surface area contributed by atoms with Gasteiger partial charge in [-0.1, -0.05) is 6.92 Å². The minimum absolute atomic E-state index is 0.0752. The lowest BCUT2D eigenvalue weighted by Gasteiger charge is -2.11. The largest absolute Gasteiger partial charge is 0.382 e. The van der Waals surface area contributed by atoms with Crippen LogP contribution in [0, 0.1) is 0 Å². The maximum absolute atomic E-state index is 11.5. The van der Waals surface area contributed by atoms with E-state index >= 15 is 0 Å². The summed E-state index contributed by atoms with van der Waals surface area (Å²) in [6, 6.07) is 1.59. The highest BCUT2D eigenvalue weighted by atomic mass is 16.2. The Balaban J connectivity index is 2.25. The van der Waals surface area contributed by atoms with E-state index < -0.39 is 0 Å². The molecule has 0 radical (unpaired) electrons. The Morgan fingerprint density at radius 1 is 1.56 bits per heavy atom. The number of aromatic nitrogens is 2. The predicted octanol–water partition coefficient (Wildman–Crippen LogP) is 0.0265. The van der Waals surface area contributed by atoms with Gasteiger partial charge in [0.05, 0.1) is 0 Å². The number of rotatable bonds is 6. The van der Waals surface area contributed by atoms with E-state index in [1.807, 2.05) is 13.8 Å². The number of nitrogens with two attached hydrogens (primary N) is 1. The SMILES string of the molecule is CCC(C)NC(=O)CCNC(=O)c1cc(N)n[nH]1. The molecule has 7 nitrogen and oxygen atoms in total. The highest BCUT2D eigenvalue weighted by Gasteiger charge is 2.09. The standard InChI is InChI=1S/C11H19N5O2/c1-3-7(2)14-10(17)4-5-13-11(18)8-6-9(12)16-15-8/h6-7H,3-5H2,1-2H3,(H,13,18)(H,14,17)(H3,12,15,16). The Kier molecular flexibility index (Phi) is 5.16. The molecule has 0 aromatic carbocycles. The second kappa shape index (κ2) is 6.63. The quantitative estimate of drug-likeness (QED) is 0.572. The molecule has 18 heavy (non-hydrogen) atoms. The van der Waals surface area contributed by atoms with Crippen molar-refractivity contribution in [2.24, 2.45) is 0 Å². The number of amides is 2. The van der Waals surface area contributed by atoms with Gasteiger partial charge in [0.1, 0.15) is 11.5 Å². The number of nitrogens with one attached hydrogen (secondary N) is 3. The number of nitrogens with zero attached hydrogens (tertiary/aromatic N) is 1. The van der Waals surface area contributed by atoms with Gasteiger partial charge in [0.25, 0.3) is 5.91 Å². The van der Waals surface area contributed by atoms with Gasteiger partial charge in [-0.2, -0.15) is 5.10 Å². The van der Waals surface area contributed by atoms with Crippen LogP contribution in [0.25, 0.3) is 0 Å². The van der Waals surface area contributed by atoms with Crippen LogP contribution < -0.4 is 16.4 Å². The summed E-state index contributed by atoms with van der Waals surface area (Å²) >= 11 is 0. The minimum Gasteiger partial charge on any atom is -0.382 e. The van der Waals surface area contributed by atoms with E-state index in [0.29, 0.717) is 0 Å². The van der Waals surface area contributed by atoms with Crippen LogP contribution in [-0.2, 0) is 4.79 Å². The fourth-order valence-electron chi connectivity index (χ4n) is 1.29. The zero-order valence-electron chi connectivity index (χ0n) is 10.6. The molecule has 0 spiro atoms. The molecular weight excluding hydrogens is 234 g/mol. The average Bonchev–Trinajstić information content (AvgIpc) is 2.75. The van der Waals surface area contributed by atoms with Crippen LogP contribution in [0.3, 0.4) is 0 Å². The number of carbonyl (C=O) groups is 2. The summed E-state index contributed by atoms with van der Waals surface area (Å²) in [5.41, 5.74) is 5.66. The summed E-state index contributed by atoms with van der Waals surface area (Å²) in [5, 5.41) is 11.6. The van der Waals surface area contributed by atoms with Crippen LogP contribution in [0.5, 0.6) is 0 Å². The molecule has 1 rings (SSSR count). The Labute approximate surface area is 106 Å². The molecule has 1 heterocycles. The summed E-state index contributed by atoms with van der Waals surface area (Å²) in [6.07, 6.45) is 1.13. The molecule has 7 heteroatoms. The molecule has 0 aliphatic rings. The van der Waals surface area contributed by atoms with Gasteiger partial charge in [0, 0.05) is 25.1 Å². The Bertz CT molecular complexity index is 415. The summed E-state index contributed by atoms with van der Waals surface area (Å²) in [6.45, 7) is 4.21. The van der Waals surface area contributed by atoms with Gasteiger partial charge in [-0.25, -0.2) is 0 Å². The fourth-order valence-corrected chi connectivity index (χ4v) is 1.29. The van der Waals surface area contributed by atoms with E-state index in [0.717, 1.165) is 6.42 Å². The first-order valence-electron chi connectivity index (χ1n) is 5.91. The molecule has 5 N–H and O–H groups in total.